The van der Waals surface area contributed by atoms with Crippen LogP contribution in [0.4, 0.5) is 5.69 Å². The lowest BCUT2D eigenvalue weighted by molar-refractivity contribution is 0.399. The summed E-state index contributed by atoms with van der Waals surface area (Å²) in [6.45, 7) is 0. The van der Waals surface area contributed by atoms with E-state index in [4.69, 9.17) is 4.74 Å². The van der Waals surface area contributed by atoms with Crippen molar-refractivity contribution in [1.29, 1.82) is 0 Å². The van der Waals surface area contributed by atoms with Gasteiger partial charge in [0.05, 0.1) is 19.0 Å². The van der Waals surface area contributed by atoms with Gasteiger partial charge in [0.25, 0.3) is 5.88 Å². The molecule has 108 valence electrons. The van der Waals surface area contributed by atoms with Crippen molar-refractivity contribution in [2.45, 2.75) is 0 Å². The molecule has 3 aromatic rings. The molecule has 1 aromatic carbocycles. The fraction of sp³-hybridized carbons (Fsp3) is 0.200. The first kappa shape index (κ1) is 13.9. The lowest BCUT2D eigenvalue weighted by Crippen LogP contribution is -2.07. The Morgan fingerprint density at radius 3 is 2.52 bits per heavy atom. The third-order valence-electron chi connectivity index (χ3n) is 3.30. The second kappa shape index (κ2) is 5.37. The molecule has 0 aliphatic carbocycles. The molecular formula is C15H15BrN4O. The molecule has 0 spiro atoms. The highest BCUT2D eigenvalue weighted by Crippen LogP contribution is 2.27. The number of halogens is 1. The van der Waals surface area contributed by atoms with Crippen LogP contribution in [0.15, 0.2) is 41.3 Å². The summed E-state index contributed by atoms with van der Waals surface area (Å²) >= 11 is 3.40. The summed E-state index contributed by atoms with van der Waals surface area (Å²) in [5.41, 5.74) is 3.95. The van der Waals surface area contributed by atoms with Gasteiger partial charge in [0.2, 0.25) is 5.65 Å². The van der Waals surface area contributed by atoms with Crippen LogP contribution < -0.4 is 9.64 Å². The molecular weight excluding hydrogens is 332 g/mol. The van der Waals surface area contributed by atoms with E-state index in [-0.39, 0.29) is 0 Å². The van der Waals surface area contributed by atoms with Gasteiger partial charge in [0.1, 0.15) is 4.60 Å². The van der Waals surface area contributed by atoms with E-state index in [2.05, 4.69) is 55.1 Å². The first-order valence-electron chi connectivity index (χ1n) is 6.45. The summed E-state index contributed by atoms with van der Waals surface area (Å²) in [5, 5.41) is 0. The van der Waals surface area contributed by atoms with Crippen molar-refractivity contribution in [3.63, 3.8) is 0 Å². The zero-order chi connectivity index (χ0) is 15.0. The van der Waals surface area contributed by atoms with E-state index < -0.39 is 0 Å². The number of benzene rings is 1. The summed E-state index contributed by atoms with van der Waals surface area (Å²) in [6, 6.07) is 8.34. The molecule has 0 radical (unpaired) electrons. The summed E-state index contributed by atoms with van der Waals surface area (Å²) in [7, 11) is 5.64. The summed E-state index contributed by atoms with van der Waals surface area (Å²) in [4.78, 5) is 10.7. The van der Waals surface area contributed by atoms with Gasteiger partial charge in [-0.15, -0.1) is 0 Å². The van der Waals surface area contributed by atoms with Crippen LogP contribution in [0.25, 0.3) is 16.9 Å². The Bertz CT molecular complexity index is 780. The molecule has 0 aliphatic heterocycles. The normalized spacial score (nSPS) is 10.9. The molecule has 6 heteroatoms. The van der Waals surface area contributed by atoms with E-state index in [1.165, 1.54) is 0 Å². The Labute approximate surface area is 131 Å². The topological polar surface area (TPSA) is 42.7 Å². The Morgan fingerprint density at radius 2 is 1.90 bits per heavy atom. The van der Waals surface area contributed by atoms with Crippen LogP contribution in [0.3, 0.4) is 0 Å². The van der Waals surface area contributed by atoms with E-state index in [0.717, 1.165) is 16.9 Å². The zero-order valence-electron chi connectivity index (χ0n) is 12.0. The Balaban J connectivity index is 2.14. The van der Waals surface area contributed by atoms with Crippen LogP contribution in [-0.4, -0.2) is 35.6 Å². The third-order valence-corrected chi connectivity index (χ3v) is 3.69. The summed E-state index contributed by atoms with van der Waals surface area (Å²) in [5.74, 6) is 0.500. The van der Waals surface area contributed by atoms with Crippen molar-refractivity contribution >= 4 is 27.3 Å². The standard InChI is InChI=1S/C15H15BrN4O/c1-19(2)11-6-4-10(5-7-11)12-8-17-14-15(21-3)18-13(16)9-20(12)14/h4-9H,1-3H3. The molecule has 0 unspecified atom stereocenters. The van der Waals surface area contributed by atoms with Crippen molar-refractivity contribution in [1.82, 2.24) is 14.4 Å². The van der Waals surface area contributed by atoms with Gasteiger partial charge in [-0.1, -0.05) is 12.1 Å². The monoisotopic (exact) mass is 346 g/mol. The smallest absolute Gasteiger partial charge is 0.259 e. The lowest BCUT2D eigenvalue weighted by atomic mass is 10.1. The highest BCUT2D eigenvalue weighted by Gasteiger charge is 2.12. The molecule has 0 aliphatic rings. The molecule has 3 rings (SSSR count). The zero-order valence-corrected chi connectivity index (χ0v) is 13.6. The number of methoxy groups -OCH3 is 1. The molecule has 0 saturated heterocycles. The largest absolute Gasteiger partial charge is 0.478 e. The quantitative estimate of drug-likeness (QED) is 0.730. The fourth-order valence-corrected chi connectivity index (χ4v) is 2.58. The number of fused-ring (bicyclic) bond motifs is 1. The highest BCUT2D eigenvalue weighted by molar-refractivity contribution is 9.10. The Hall–Kier alpha value is -2.08. The van der Waals surface area contributed by atoms with Gasteiger partial charge in [0.15, 0.2) is 0 Å². The summed E-state index contributed by atoms with van der Waals surface area (Å²) < 4.78 is 7.95. The maximum absolute atomic E-state index is 5.28. The van der Waals surface area contributed by atoms with E-state index in [1.807, 2.05) is 30.9 Å². The van der Waals surface area contributed by atoms with Crippen LogP contribution in [0, 0.1) is 0 Å². The average Bonchev–Trinajstić information content (AvgIpc) is 2.90. The predicted molar refractivity (Wildman–Crippen MR) is 87.0 cm³/mol. The lowest BCUT2D eigenvalue weighted by Gasteiger charge is -2.12. The van der Waals surface area contributed by atoms with Crippen molar-refractivity contribution < 1.29 is 4.74 Å². The molecule has 0 saturated carbocycles. The minimum absolute atomic E-state index is 0.500. The van der Waals surface area contributed by atoms with E-state index in [0.29, 0.717) is 16.1 Å². The van der Waals surface area contributed by atoms with Gasteiger partial charge >= 0.3 is 0 Å². The number of anilines is 1. The van der Waals surface area contributed by atoms with Crippen LogP contribution in [0.2, 0.25) is 0 Å². The Kier molecular flexibility index (Phi) is 3.55. The number of imidazole rings is 1. The SMILES string of the molecule is COc1nc(Br)cn2c(-c3ccc(N(C)C)cc3)cnc12. The van der Waals surface area contributed by atoms with E-state index >= 15 is 0 Å². The second-order valence-corrected chi connectivity index (χ2v) is 5.66. The number of aromatic nitrogens is 3. The van der Waals surface area contributed by atoms with Crippen molar-refractivity contribution in [2.75, 3.05) is 26.1 Å². The van der Waals surface area contributed by atoms with E-state index in [1.54, 1.807) is 7.11 Å². The van der Waals surface area contributed by atoms with Crippen molar-refractivity contribution in [3.05, 3.63) is 41.3 Å². The summed E-state index contributed by atoms with van der Waals surface area (Å²) in [6.07, 6.45) is 3.72. The molecule has 0 atom stereocenters. The average molecular weight is 347 g/mol. The van der Waals surface area contributed by atoms with Crippen molar-refractivity contribution in [3.8, 4) is 17.1 Å². The highest BCUT2D eigenvalue weighted by atomic mass is 79.9. The van der Waals surface area contributed by atoms with Crippen LogP contribution in [-0.2, 0) is 0 Å². The molecule has 21 heavy (non-hydrogen) atoms. The molecule has 0 amide bonds. The molecule has 0 fully saturated rings. The maximum Gasteiger partial charge on any atom is 0.259 e. The van der Waals surface area contributed by atoms with Gasteiger partial charge in [-0.25, -0.2) is 9.97 Å². The number of ether oxygens (including phenoxy) is 1. The van der Waals surface area contributed by atoms with Gasteiger partial charge in [-0.2, -0.15) is 0 Å². The molecule has 0 bridgehead atoms. The molecule has 0 N–H and O–H groups in total. The number of hydrogen-bond acceptors (Lipinski definition) is 4. The predicted octanol–water partition coefficient (Wildman–Crippen LogP) is 3.23. The number of hydrogen-bond donors (Lipinski definition) is 0. The Morgan fingerprint density at radius 1 is 1.19 bits per heavy atom. The number of nitrogens with zero attached hydrogens (tertiary/aromatic N) is 4. The van der Waals surface area contributed by atoms with Crippen LogP contribution >= 0.6 is 15.9 Å². The minimum Gasteiger partial charge on any atom is -0.478 e. The van der Waals surface area contributed by atoms with Gasteiger partial charge in [0, 0.05) is 31.5 Å². The van der Waals surface area contributed by atoms with Crippen LogP contribution in [0.5, 0.6) is 5.88 Å². The molecule has 2 aromatic heterocycles. The van der Waals surface area contributed by atoms with Crippen LogP contribution in [0.1, 0.15) is 0 Å². The maximum atomic E-state index is 5.28. The van der Waals surface area contributed by atoms with E-state index in [9.17, 15) is 0 Å². The first-order chi connectivity index (χ1) is 10.1. The van der Waals surface area contributed by atoms with Gasteiger partial charge < -0.3 is 9.64 Å². The molecule has 2 heterocycles. The van der Waals surface area contributed by atoms with Gasteiger partial charge in [-0.05, 0) is 28.1 Å². The van der Waals surface area contributed by atoms with Crippen molar-refractivity contribution in [2.24, 2.45) is 0 Å². The fourth-order valence-electron chi connectivity index (χ4n) is 2.21. The van der Waals surface area contributed by atoms with Gasteiger partial charge in [-0.3, -0.25) is 4.40 Å². The third kappa shape index (κ3) is 2.47. The number of rotatable bonds is 3. The molecule has 5 nitrogen and oxygen atoms in total. The first-order valence-corrected chi connectivity index (χ1v) is 7.25. The second-order valence-electron chi connectivity index (χ2n) is 4.85. The minimum atomic E-state index is 0.500.